The average molecular weight is 259 g/mol. The summed E-state index contributed by atoms with van der Waals surface area (Å²) in [6, 6.07) is 7.91. The molecule has 2 N–H and O–H groups in total. The number of carbonyl (C=O) groups is 2. The molecule has 98 valence electrons. The molecule has 18 heavy (non-hydrogen) atoms. The van der Waals surface area contributed by atoms with Crippen molar-refractivity contribution in [3.63, 3.8) is 0 Å². The molecule has 0 aliphatic heterocycles. The Balaban J connectivity index is 0.000000203. The summed E-state index contributed by atoms with van der Waals surface area (Å²) in [7, 11) is 0. The number of fused-ring (bicyclic) bond motifs is 1. The van der Waals surface area contributed by atoms with E-state index in [9.17, 15) is 18.0 Å². The topological polar surface area (TPSA) is 60.2 Å². The number of halogens is 3. The standard InChI is InChI=1S/C10H10O.C2H2F3NO/c11-10-7-3-5-8-4-1-2-6-9(8)10;3-2(4,5)1(6)7/h1-2,4,6H,3,5,7H2;(H2,6,7). The van der Waals surface area contributed by atoms with Crippen molar-refractivity contribution < 1.29 is 22.8 Å². The van der Waals surface area contributed by atoms with E-state index in [1.807, 2.05) is 24.3 Å². The van der Waals surface area contributed by atoms with Crippen LogP contribution >= 0.6 is 0 Å². The van der Waals surface area contributed by atoms with Gasteiger partial charge in [0.25, 0.3) is 0 Å². The molecule has 0 aromatic heterocycles. The van der Waals surface area contributed by atoms with Crippen LogP contribution in [0.1, 0.15) is 28.8 Å². The van der Waals surface area contributed by atoms with E-state index in [1.165, 1.54) is 5.56 Å². The van der Waals surface area contributed by atoms with E-state index < -0.39 is 12.1 Å². The van der Waals surface area contributed by atoms with Crippen LogP contribution in [0.5, 0.6) is 0 Å². The molecule has 0 radical (unpaired) electrons. The van der Waals surface area contributed by atoms with Crippen LogP contribution in [0.3, 0.4) is 0 Å². The van der Waals surface area contributed by atoms with Gasteiger partial charge in [0.15, 0.2) is 5.78 Å². The molecule has 0 heterocycles. The predicted octanol–water partition coefficient (Wildman–Crippen LogP) is 2.24. The molecule has 0 fully saturated rings. The lowest BCUT2D eigenvalue weighted by Gasteiger charge is -2.12. The summed E-state index contributed by atoms with van der Waals surface area (Å²) < 4.78 is 32.1. The lowest BCUT2D eigenvalue weighted by atomic mass is 9.91. The predicted molar refractivity (Wildman–Crippen MR) is 59.0 cm³/mol. The van der Waals surface area contributed by atoms with Crippen molar-refractivity contribution in [1.82, 2.24) is 0 Å². The Hall–Kier alpha value is -1.85. The van der Waals surface area contributed by atoms with E-state index in [1.54, 1.807) is 0 Å². The van der Waals surface area contributed by atoms with Crippen molar-refractivity contribution in [2.75, 3.05) is 0 Å². The Bertz CT molecular complexity index is 455. The monoisotopic (exact) mass is 259 g/mol. The van der Waals surface area contributed by atoms with E-state index in [0.717, 1.165) is 24.8 Å². The second-order valence-corrected chi connectivity index (χ2v) is 3.80. The smallest absolute Gasteiger partial charge is 0.362 e. The summed E-state index contributed by atoms with van der Waals surface area (Å²) >= 11 is 0. The summed E-state index contributed by atoms with van der Waals surface area (Å²) in [5.41, 5.74) is 5.97. The number of primary amides is 1. The fourth-order valence-electron chi connectivity index (χ4n) is 1.58. The number of aryl methyl sites for hydroxylation is 1. The molecule has 0 bridgehead atoms. The Morgan fingerprint density at radius 1 is 1.17 bits per heavy atom. The van der Waals surface area contributed by atoms with Crippen LogP contribution in [0.2, 0.25) is 0 Å². The molecule has 1 aromatic carbocycles. The van der Waals surface area contributed by atoms with Crippen molar-refractivity contribution in [1.29, 1.82) is 0 Å². The van der Waals surface area contributed by atoms with Gasteiger partial charge in [-0.3, -0.25) is 9.59 Å². The number of Topliss-reactive ketones (excluding diaryl/α,β-unsaturated/α-hetero) is 1. The molecule has 0 saturated carbocycles. The summed E-state index contributed by atoms with van der Waals surface area (Å²) in [6.45, 7) is 0. The van der Waals surface area contributed by atoms with Gasteiger partial charge < -0.3 is 5.73 Å². The third kappa shape index (κ3) is 3.87. The number of hydrogen-bond donors (Lipinski definition) is 1. The number of carbonyl (C=O) groups excluding carboxylic acids is 2. The van der Waals surface area contributed by atoms with Crippen LogP contribution < -0.4 is 5.73 Å². The second-order valence-electron chi connectivity index (χ2n) is 3.80. The highest BCUT2D eigenvalue weighted by Crippen LogP contribution is 2.19. The Morgan fingerprint density at radius 2 is 1.72 bits per heavy atom. The van der Waals surface area contributed by atoms with Crippen molar-refractivity contribution in [2.24, 2.45) is 5.73 Å². The maximum absolute atomic E-state index is 11.3. The van der Waals surface area contributed by atoms with Gasteiger partial charge in [-0.1, -0.05) is 24.3 Å². The summed E-state index contributed by atoms with van der Waals surface area (Å²) in [5.74, 6) is -1.95. The van der Waals surface area contributed by atoms with E-state index in [-0.39, 0.29) is 0 Å². The summed E-state index contributed by atoms with van der Waals surface area (Å²) in [5, 5.41) is 0. The quantitative estimate of drug-likeness (QED) is 0.776. The highest BCUT2D eigenvalue weighted by molar-refractivity contribution is 5.98. The third-order valence-electron chi connectivity index (χ3n) is 2.45. The maximum atomic E-state index is 11.3. The molecule has 2 rings (SSSR count). The lowest BCUT2D eigenvalue weighted by molar-refractivity contribution is -0.169. The minimum absolute atomic E-state index is 0.312. The van der Waals surface area contributed by atoms with Crippen LogP contribution in [-0.4, -0.2) is 17.9 Å². The molecule has 6 heteroatoms. The van der Waals surface area contributed by atoms with Gasteiger partial charge >= 0.3 is 12.1 Å². The molecular weight excluding hydrogens is 247 g/mol. The fourth-order valence-corrected chi connectivity index (χ4v) is 1.58. The van der Waals surface area contributed by atoms with Gasteiger partial charge in [-0.25, -0.2) is 0 Å². The van der Waals surface area contributed by atoms with Gasteiger partial charge in [0.2, 0.25) is 0 Å². The second kappa shape index (κ2) is 5.66. The van der Waals surface area contributed by atoms with Gasteiger partial charge in [-0.15, -0.1) is 0 Å². The van der Waals surface area contributed by atoms with Gasteiger partial charge in [-0.2, -0.15) is 13.2 Å². The zero-order chi connectivity index (χ0) is 13.8. The largest absolute Gasteiger partial charge is 0.470 e. The van der Waals surface area contributed by atoms with E-state index in [4.69, 9.17) is 4.79 Å². The van der Waals surface area contributed by atoms with E-state index >= 15 is 0 Å². The average Bonchev–Trinajstić information content (AvgIpc) is 2.29. The summed E-state index contributed by atoms with van der Waals surface area (Å²) in [4.78, 5) is 20.4. The van der Waals surface area contributed by atoms with Gasteiger partial charge in [0.05, 0.1) is 0 Å². The molecule has 1 aliphatic rings. The van der Waals surface area contributed by atoms with Crippen LogP contribution in [-0.2, 0) is 11.2 Å². The van der Waals surface area contributed by atoms with Gasteiger partial charge in [0.1, 0.15) is 0 Å². The lowest BCUT2D eigenvalue weighted by Crippen LogP contribution is -2.30. The van der Waals surface area contributed by atoms with E-state index in [2.05, 4.69) is 5.73 Å². The summed E-state index contributed by atoms with van der Waals surface area (Å²) in [6.07, 6.45) is -2.03. The normalized spacial score (nSPS) is 14.3. The number of amides is 1. The van der Waals surface area contributed by atoms with Gasteiger partial charge in [0, 0.05) is 12.0 Å². The molecule has 0 saturated heterocycles. The number of alkyl halides is 3. The first-order valence-corrected chi connectivity index (χ1v) is 5.30. The van der Waals surface area contributed by atoms with Crippen LogP contribution in [0, 0.1) is 0 Å². The van der Waals surface area contributed by atoms with Crippen molar-refractivity contribution in [3.05, 3.63) is 35.4 Å². The van der Waals surface area contributed by atoms with E-state index in [0.29, 0.717) is 5.78 Å². The van der Waals surface area contributed by atoms with Crippen LogP contribution in [0.4, 0.5) is 13.2 Å². The van der Waals surface area contributed by atoms with Crippen molar-refractivity contribution >= 4 is 11.7 Å². The van der Waals surface area contributed by atoms with Crippen LogP contribution in [0.25, 0.3) is 0 Å². The molecule has 0 spiro atoms. The van der Waals surface area contributed by atoms with Crippen molar-refractivity contribution in [2.45, 2.75) is 25.4 Å². The minimum Gasteiger partial charge on any atom is -0.362 e. The maximum Gasteiger partial charge on any atom is 0.470 e. The third-order valence-corrected chi connectivity index (χ3v) is 2.45. The molecule has 1 amide bonds. The Morgan fingerprint density at radius 3 is 2.22 bits per heavy atom. The minimum atomic E-state index is -4.86. The first kappa shape index (κ1) is 14.2. The molecule has 3 nitrogen and oxygen atoms in total. The number of ketones is 1. The first-order valence-electron chi connectivity index (χ1n) is 5.30. The molecule has 1 aliphatic carbocycles. The number of benzene rings is 1. The van der Waals surface area contributed by atoms with Crippen LogP contribution in [0.15, 0.2) is 24.3 Å². The zero-order valence-electron chi connectivity index (χ0n) is 9.46. The molecule has 0 unspecified atom stereocenters. The Kier molecular flexibility index (Phi) is 4.47. The first-order chi connectivity index (χ1) is 8.32. The number of hydrogen-bond acceptors (Lipinski definition) is 2. The molecule has 1 aromatic rings. The van der Waals surface area contributed by atoms with Crippen molar-refractivity contribution in [3.8, 4) is 0 Å². The Labute approximate surface area is 102 Å². The molecule has 0 atom stereocenters. The number of nitrogens with two attached hydrogens (primary N) is 1. The highest BCUT2D eigenvalue weighted by Gasteiger charge is 2.35. The number of rotatable bonds is 0. The fraction of sp³-hybridized carbons (Fsp3) is 0.333. The SMILES string of the molecule is NC(=O)C(F)(F)F.O=C1CCCc2ccccc21. The zero-order valence-corrected chi connectivity index (χ0v) is 9.46. The van der Waals surface area contributed by atoms with Gasteiger partial charge in [-0.05, 0) is 18.4 Å². The highest BCUT2D eigenvalue weighted by atomic mass is 19.4. The molecular formula is C12H12F3NO2.